The molecule has 0 bridgehead atoms. The van der Waals surface area contributed by atoms with Crippen molar-refractivity contribution < 1.29 is 43.5 Å². The molecule has 0 saturated carbocycles. The number of carbonyl (C=O) groups excluding carboxylic acids is 7. The Hall–Kier alpha value is -8.12. The highest BCUT2D eigenvalue weighted by Crippen LogP contribution is 2.23. The largest absolute Gasteiger partial charge is 0.480 e. The van der Waals surface area contributed by atoms with Crippen LogP contribution in [0.3, 0.4) is 0 Å². The summed E-state index contributed by atoms with van der Waals surface area (Å²) in [6, 6.07) is 12.6. The minimum atomic E-state index is -1.36. The number of nitrogens with one attached hydrogen (secondary N) is 10. The Balaban J connectivity index is 1.28. The Morgan fingerprint density at radius 2 is 0.686 bits per heavy atom. The first-order valence-corrected chi connectivity index (χ1v) is 30.2. The van der Waals surface area contributed by atoms with E-state index in [2.05, 4.69) is 52.2 Å². The molecule has 0 aliphatic carbocycles. The number of benzene rings is 3. The fourth-order valence-electron chi connectivity index (χ4n) is 10.7. The van der Waals surface area contributed by atoms with Crippen LogP contribution < -0.4 is 60.2 Å². The molecule has 466 valence electrons. The van der Waals surface area contributed by atoms with Gasteiger partial charge in [0, 0.05) is 70.6 Å². The minimum Gasteiger partial charge on any atom is -0.480 e. The van der Waals surface area contributed by atoms with Gasteiger partial charge in [0.15, 0.2) is 0 Å². The van der Waals surface area contributed by atoms with Crippen molar-refractivity contribution in [2.45, 2.75) is 166 Å². The number of aliphatic carboxylic acids is 1. The molecule has 3 aromatic heterocycles. The molecule has 8 atom stereocenters. The summed E-state index contributed by atoms with van der Waals surface area (Å²) in [5.41, 5.74) is 27.9. The van der Waals surface area contributed by atoms with Crippen molar-refractivity contribution in [2.75, 3.05) is 19.6 Å². The van der Waals surface area contributed by atoms with Gasteiger partial charge in [-0.1, -0.05) is 88.7 Å². The number of unbranched alkanes of at least 4 members (excludes halogenated alkanes) is 3. The van der Waals surface area contributed by atoms with Crippen molar-refractivity contribution in [2.24, 2.45) is 34.8 Å². The maximum absolute atomic E-state index is 15.1. The van der Waals surface area contributed by atoms with Gasteiger partial charge in [-0.3, -0.25) is 33.6 Å². The number of carboxylic acid groups (broad SMARTS) is 1. The van der Waals surface area contributed by atoms with Gasteiger partial charge in [0.2, 0.25) is 41.4 Å². The molecule has 0 aliphatic rings. The van der Waals surface area contributed by atoms with Gasteiger partial charge in [-0.15, -0.1) is 0 Å². The second-order valence-corrected chi connectivity index (χ2v) is 23.2. The fraction of sp³-hybridized carbons (Fsp3) is 0.492. The van der Waals surface area contributed by atoms with E-state index in [1.54, 1.807) is 18.6 Å². The molecule has 3 heterocycles. The molecule has 3 aromatic carbocycles. The Labute approximate surface area is 502 Å². The number of hydrogen-bond acceptors (Lipinski definition) is 12. The summed E-state index contributed by atoms with van der Waals surface area (Å²) in [7, 11) is 0. The number of carboxylic acids is 1. The number of hydrogen-bond donors (Lipinski definition) is 15. The zero-order valence-corrected chi connectivity index (χ0v) is 50.0. The first kappa shape index (κ1) is 67.0. The lowest BCUT2D eigenvalue weighted by Crippen LogP contribution is -2.61. The quantitative estimate of drug-likeness (QED) is 0.0249. The van der Waals surface area contributed by atoms with E-state index in [-0.39, 0.29) is 56.8 Å². The van der Waals surface area contributed by atoms with E-state index in [9.17, 15) is 38.7 Å². The van der Waals surface area contributed by atoms with Crippen molar-refractivity contribution in [1.82, 2.24) is 52.2 Å². The molecule has 23 heteroatoms. The average Bonchev–Trinajstić information content (AvgIpc) is 2.94. The molecule has 6 aromatic rings. The number of para-hydroxylation sites is 3. The van der Waals surface area contributed by atoms with Crippen LogP contribution in [-0.4, -0.2) is 135 Å². The van der Waals surface area contributed by atoms with E-state index >= 15 is 4.79 Å². The van der Waals surface area contributed by atoms with Crippen molar-refractivity contribution in [3.63, 3.8) is 0 Å². The van der Waals surface area contributed by atoms with Crippen molar-refractivity contribution in [3.8, 4) is 0 Å². The molecule has 0 aliphatic heterocycles. The number of rotatable bonds is 37. The van der Waals surface area contributed by atoms with Crippen LogP contribution in [0.5, 0.6) is 0 Å². The summed E-state index contributed by atoms with van der Waals surface area (Å²) in [6.45, 7) is 8.55. The summed E-state index contributed by atoms with van der Waals surface area (Å²) < 4.78 is 0. The first-order chi connectivity index (χ1) is 41.3. The number of nitrogens with two attached hydrogens (primary N) is 4. The molecule has 86 heavy (non-hydrogen) atoms. The summed E-state index contributed by atoms with van der Waals surface area (Å²) in [6.07, 6.45) is 9.20. The summed E-state index contributed by atoms with van der Waals surface area (Å²) >= 11 is 0. The fourth-order valence-corrected chi connectivity index (χ4v) is 10.7. The Kier molecular flexibility index (Phi) is 26.1. The lowest BCUT2D eigenvalue weighted by molar-refractivity contribution is -0.142. The van der Waals surface area contributed by atoms with Gasteiger partial charge in [0.05, 0.1) is 6.04 Å². The predicted molar refractivity (Wildman–Crippen MR) is 333 cm³/mol. The molecule has 0 unspecified atom stereocenters. The van der Waals surface area contributed by atoms with Crippen LogP contribution in [0.15, 0.2) is 91.4 Å². The normalized spacial score (nSPS) is 14.4. The summed E-state index contributed by atoms with van der Waals surface area (Å²) in [4.78, 5) is 124. The van der Waals surface area contributed by atoms with E-state index in [1.165, 1.54) is 0 Å². The van der Waals surface area contributed by atoms with E-state index < -0.39 is 95.7 Å². The number of aromatic nitrogens is 3. The molecule has 0 spiro atoms. The van der Waals surface area contributed by atoms with E-state index in [4.69, 9.17) is 22.9 Å². The first-order valence-electron chi connectivity index (χ1n) is 30.2. The van der Waals surface area contributed by atoms with Crippen LogP contribution in [0.1, 0.15) is 115 Å². The van der Waals surface area contributed by atoms with Crippen molar-refractivity contribution in [3.05, 3.63) is 108 Å². The summed E-state index contributed by atoms with van der Waals surface area (Å²) in [5, 5.41) is 32.6. The van der Waals surface area contributed by atoms with Gasteiger partial charge in [0.1, 0.15) is 42.3 Å². The van der Waals surface area contributed by atoms with Gasteiger partial charge in [0.25, 0.3) is 0 Å². The van der Waals surface area contributed by atoms with Gasteiger partial charge < -0.3 is 80.2 Å². The maximum Gasteiger partial charge on any atom is 0.326 e. The molecular formula is C63H90N14O9. The highest BCUT2D eigenvalue weighted by molar-refractivity contribution is 5.99. The Bertz CT molecular complexity index is 3210. The highest BCUT2D eigenvalue weighted by atomic mass is 16.4. The van der Waals surface area contributed by atoms with E-state index in [0.29, 0.717) is 81.3 Å². The van der Waals surface area contributed by atoms with Crippen molar-refractivity contribution in [1.29, 1.82) is 0 Å². The van der Waals surface area contributed by atoms with Crippen LogP contribution in [0.4, 0.5) is 0 Å². The standard InChI is InChI=1S/C63H90N14O9/c1-37(2)29-51(59(81)76-54(32-40-35-69-47-22-9-6-18-43(40)47)62(84)74-52(30-38(3)4)60(82)77-55(63(85)86)33-41-36-70-48-23-10-7-19-44(41)48)73-61(83)53(31-39-34-68-46-21-8-5-17-42(39)46)75-58(80)50(25-13-16-28-66)72-57(79)49(24-12-15-27-65)71-56(78)45(67)20-11-14-26-64/h5-10,17-19,21-23,34-38,45,49-55,68-70H,11-16,20,24-33,64-67H2,1-4H3,(H,71,78)(H,72,79)(H,73,83)(H,74,84)(H,75,80)(H,76,81)(H,77,82)(H,85,86)/t45-,49-,50-,51-,52-,53-,54-,55-/m0/s1. The minimum absolute atomic E-state index is 0.0438. The molecule has 23 nitrogen and oxygen atoms in total. The van der Waals surface area contributed by atoms with Crippen LogP contribution in [0, 0.1) is 11.8 Å². The second-order valence-electron chi connectivity index (χ2n) is 23.2. The second kappa shape index (κ2) is 33.5. The van der Waals surface area contributed by atoms with Crippen molar-refractivity contribution >= 4 is 80.0 Å². The topological polar surface area (TPSA) is 392 Å². The molecular weight excluding hydrogens is 1100 g/mol. The van der Waals surface area contributed by atoms with Gasteiger partial charge in [-0.25, -0.2) is 4.79 Å². The van der Waals surface area contributed by atoms with Crippen LogP contribution in [0.2, 0.25) is 0 Å². The third-order valence-corrected chi connectivity index (χ3v) is 15.3. The third kappa shape index (κ3) is 19.7. The lowest BCUT2D eigenvalue weighted by atomic mass is 9.98. The summed E-state index contributed by atoms with van der Waals surface area (Å²) in [5.74, 6) is -6.40. The lowest BCUT2D eigenvalue weighted by Gasteiger charge is -2.29. The Morgan fingerprint density at radius 3 is 1.05 bits per heavy atom. The zero-order valence-electron chi connectivity index (χ0n) is 50.0. The molecule has 6 rings (SSSR count). The number of fused-ring (bicyclic) bond motifs is 3. The SMILES string of the molecule is CC(C)C[C@H](NC(=O)[C@H](Cc1c[nH]c2ccccc12)NC(=O)[C@H](CC(C)C)NC(=O)[C@H](Cc1c[nH]c2ccccc12)NC(=O)[C@H](CCCCN)NC(=O)[C@H](CCCCN)NC(=O)[C@@H](N)CCCCN)C(=O)N[C@@H](Cc1c[nH]c2ccccc12)C(=O)O. The molecule has 19 N–H and O–H groups in total. The molecule has 0 fully saturated rings. The molecule has 0 radical (unpaired) electrons. The predicted octanol–water partition coefficient (Wildman–Crippen LogP) is 3.44. The number of carbonyl (C=O) groups is 8. The maximum atomic E-state index is 15.1. The number of aromatic amines is 3. The zero-order chi connectivity index (χ0) is 62.3. The van der Waals surface area contributed by atoms with Gasteiger partial charge in [-0.05, 0) is 131 Å². The Morgan fingerprint density at radius 1 is 0.395 bits per heavy atom. The van der Waals surface area contributed by atoms with E-state index in [1.807, 2.05) is 100 Å². The van der Waals surface area contributed by atoms with Crippen LogP contribution in [-0.2, 0) is 57.6 Å². The monoisotopic (exact) mass is 1190 g/mol. The van der Waals surface area contributed by atoms with E-state index in [0.717, 1.165) is 32.7 Å². The molecule has 0 saturated heterocycles. The number of amides is 7. The van der Waals surface area contributed by atoms with Gasteiger partial charge in [-0.2, -0.15) is 0 Å². The highest BCUT2D eigenvalue weighted by Gasteiger charge is 2.36. The average molecular weight is 1190 g/mol. The smallest absolute Gasteiger partial charge is 0.326 e. The van der Waals surface area contributed by atoms with Gasteiger partial charge >= 0.3 is 5.97 Å². The number of H-pyrrole nitrogens is 3. The van der Waals surface area contributed by atoms with Crippen LogP contribution >= 0.6 is 0 Å². The van der Waals surface area contributed by atoms with Crippen LogP contribution in [0.25, 0.3) is 32.7 Å². The molecule has 7 amide bonds. The third-order valence-electron chi connectivity index (χ3n) is 15.3.